The van der Waals surface area contributed by atoms with Crippen molar-refractivity contribution in [1.82, 2.24) is 10.2 Å². The second-order valence-corrected chi connectivity index (χ2v) is 3.90. The van der Waals surface area contributed by atoms with E-state index in [9.17, 15) is 0 Å². The van der Waals surface area contributed by atoms with Crippen molar-refractivity contribution in [3.63, 3.8) is 0 Å². The van der Waals surface area contributed by atoms with Crippen molar-refractivity contribution in [2.24, 2.45) is 0 Å². The van der Waals surface area contributed by atoms with Crippen LogP contribution in [0.3, 0.4) is 0 Å². The third-order valence-electron chi connectivity index (χ3n) is 2.88. The van der Waals surface area contributed by atoms with Crippen molar-refractivity contribution in [2.75, 3.05) is 6.61 Å². The van der Waals surface area contributed by atoms with Gasteiger partial charge in [-0.05, 0) is 31.7 Å². The van der Waals surface area contributed by atoms with Crippen molar-refractivity contribution in [2.45, 2.75) is 31.8 Å². The first-order valence-corrected chi connectivity index (χ1v) is 4.50. The van der Waals surface area contributed by atoms with Crippen molar-refractivity contribution >= 4 is 0 Å². The van der Waals surface area contributed by atoms with Gasteiger partial charge in [0.2, 0.25) is 0 Å². The van der Waals surface area contributed by atoms with Crippen LogP contribution in [0.2, 0.25) is 0 Å². The van der Waals surface area contributed by atoms with Gasteiger partial charge in [-0.3, -0.25) is 5.10 Å². The number of nitrogens with one attached hydrogen (secondary N) is 1. The van der Waals surface area contributed by atoms with E-state index < -0.39 is 0 Å². The van der Waals surface area contributed by atoms with Gasteiger partial charge in [0.15, 0.2) is 0 Å². The van der Waals surface area contributed by atoms with Gasteiger partial charge in [0.05, 0.1) is 12.3 Å². The standard InChI is InChI=1S/C9H12N2O/c1-9(5-12-9)8-6-3-2-4-7(6)10-11-8/h2-5H2,1H3,(H,10,11). The number of ether oxygens (including phenoxy) is 1. The van der Waals surface area contributed by atoms with Gasteiger partial charge in [-0.25, -0.2) is 0 Å². The smallest absolute Gasteiger partial charge is 0.133 e. The molecule has 2 heterocycles. The summed E-state index contributed by atoms with van der Waals surface area (Å²) in [5, 5.41) is 7.42. The van der Waals surface area contributed by atoms with Gasteiger partial charge in [0.25, 0.3) is 0 Å². The summed E-state index contributed by atoms with van der Waals surface area (Å²) < 4.78 is 5.38. The van der Waals surface area contributed by atoms with Crippen LogP contribution in [0.5, 0.6) is 0 Å². The number of rotatable bonds is 1. The molecule has 1 atom stereocenters. The highest BCUT2D eigenvalue weighted by Crippen LogP contribution is 2.41. The van der Waals surface area contributed by atoms with E-state index in [0.717, 1.165) is 12.3 Å². The monoisotopic (exact) mass is 164 g/mol. The summed E-state index contributed by atoms with van der Waals surface area (Å²) in [7, 11) is 0. The summed E-state index contributed by atoms with van der Waals surface area (Å²) in [6, 6.07) is 0. The van der Waals surface area contributed by atoms with Gasteiger partial charge >= 0.3 is 0 Å². The van der Waals surface area contributed by atoms with Gasteiger partial charge in [0.1, 0.15) is 5.60 Å². The van der Waals surface area contributed by atoms with E-state index in [1.807, 2.05) is 0 Å². The van der Waals surface area contributed by atoms with Crippen molar-refractivity contribution in [1.29, 1.82) is 0 Å². The molecule has 1 aromatic heterocycles. The molecule has 1 aromatic rings. The predicted molar refractivity (Wildman–Crippen MR) is 43.9 cm³/mol. The fourth-order valence-electron chi connectivity index (χ4n) is 2.00. The zero-order valence-corrected chi connectivity index (χ0v) is 7.18. The van der Waals surface area contributed by atoms with E-state index in [4.69, 9.17) is 4.74 Å². The van der Waals surface area contributed by atoms with Crippen molar-refractivity contribution < 1.29 is 4.74 Å². The lowest BCUT2D eigenvalue weighted by Gasteiger charge is -2.01. The Kier molecular flexibility index (Phi) is 1.06. The average Bonchev–Trinajstić information content (AvgIpc) is 2.48. The van der Waals surface area contributed by atoms with Crippen LogP contribution in [0, 0.1) is 0 Å². The Balaban J connectivity index is 2.11. The number of aromatic amines is 1. The molecule has 1 N–H and O–H groups in total. The van der Waals surface area contributed by atoms with Crippen molar-refractivity contribution in [3.8, 4) is 0 Å². The topological polar surface area (TPSA) is 41.2 Å². The Bertz CT molecular complexity index is 325. The predicted octanol–water partition coefficient (Wildman–Crippen LogP) is 1.14. The van der Waals surface area contributed by atoms with Crippen LogP contribution >= 0.6 is 0 Å². The highest BCUT2D eigenvalue weighted by molar-refractivity contribution is 5.35. The fraction of sp³-hybridized carbons (Fsp3) is 0.667. The molecule has 1 saturated heterocycles. The van der Waals surface area contributed by atoms with E-state index in [1.165, 1.54) is 30.5 Å². The second-order valence-electron chi connectivity index (χ2n) is 3.90. The zero-order chi connectivity index (χ0) is 8.18. The first-order valence-electron chi connectivity index (χ1n) is 4.50. The highest BCUT2D eigenvalue weighted by atomic mass is 16.6. The summed E-state index contributed by atoms with van der Waals surface area (Å²) >= 11 is 0. The SMILES string of the molecule is CC1(c2n[nH]c3c2CCC3)CO1. The minimum atomic E-state index is -0.0472. The van der Waals surface area contributed by atoms with E-state index in [0.29, 0.717) is 0 Å². The maximum absolute atomic E-state index is 5.38. The lowest BCUT2D eigenvalue weighted by Crippen LogP contribution is -2.05. The molecule has 1 aliphatic carbocycles. The lowest BCUT2D eigenvalue weighted by atomic mass is 10.0. The maximum Gasteiger partial charge on any atom is 0.133 e. The molecule has 3 nitrogen and oxygen atoms in total. The molecule has 64 valence electrons. The van der Waals surface area contributed by atoms with E-state index in [1.54, 1.807) is 0 Å². The fourth-order valence-corrected chi connectivity index (χ4v) is 2.00. The summed E-state index contributed by atoms with van der Waals surface area (Å²) in [5.41, 5.74) is 3.88. The average molecular weight is 164 g/mol. The quantitative estimate of drug-likeness (QED) is 0.632. The molecular weight excluding hydrogens is 152 g/mol. The molecule has 0 spiro atoms. The van der Waals surface area contributed by atoms with E-state index in [2.05, 4.69) is 17.1 Å². The van der Waals surface area contributed by atoms with Gasteiger partial charge in [-0.1, -0.05) is 0 Å². The van der Waals surface area contributed by atoms with Gasteiger partial charge in [-0.2, -0.15) is 5.10 Å². The van der Waals surface area contributed by atoms with E-state index in [-0.39, 0.29) is 5.60 Å². The number of nitrogens with zero attached hydrogens (tertiary/aromatic N) is 1. The summed E-state index contributed by atoms with van der Waals surface area (Å²) in [5.74, 6) is 0. The third kappa shape index (κ3) is 0.719. The first kappa shape index (κ1) is 6.66. The number of hydrogen-bond donors (Lipinski definition) is 1. The molecule has 0 amide bonds. The number of fused-ring (bicyclic) bond motifs is 1. The number of H-pyrrole nitrogens is 1. The normalized spacial score (nSPS) is 32.1. The molecule has 1 fully saturated rings. The molecule has 1 aliphatic heterocycles. The minimum absolute atomic E-state index is 0.0472. The molecular formula is C9H12N2O. The lowest BCUT2D eigenvalue weighted by molar-refractivity contribution is 0.322. The third-order valence-corrected chi connectivity index (χ3v) is 2.88. The maximum atomic E-state index is 5.38. The Morgan fingerprint density at radius 1 is 1.50 bits per heavy atom. The Labute approximate surface area is 71.1 Å². The van der Waals surface area contributed by atoms with Gasteiger partial charge in [-0.15, -0.1) is 0 Å². The molecule has 3 heteroatoms. The number of aromatic nitrogens is 2. The molecule has 12 heavy (non-hydrogen) atoms. The Hall–Kier alpha value is -0.830. The minimum Gasteiger partial charge on any atom is -0.363 e. The van der Waals surface area contributed by atoms with Gasteiger partial charge < -0.3 is 4.74 Å². The van der Waals surface area contributed by atoms with Crippen LogP contribution in [-0.2, 0) is 23.2 Å². The number of epoxide rings is 1. The molecule has 0 saturated carbocycles. The molecule has 0 bridgehead atoms. The molecule has 0 radical (unpaired) electrons. The molecule has 2 aliphatic rings. The second kappa shape index (κ2) is 1.91. The van der Waals surface area contributed by atoms with Crippen LogP contribution in [0.25, 0.3) is 0 Å². The summed E-state index contributed by atoms with van der Waals surface area (Å²) in [6.45, 7) is 2.95. The van der Waals surface area contributed by atoms with Crippen LogP contribution in [0.15, 0.2) is 0 Å². The Morgan fingerprint density at radius 3 is 3.08 bits per heavy atom. The van der Waals surface area contributed by atoms with Gasteiger partial charge in [0, 0.05) is 5.69 Å². The van der Waals surface area contributed by atoms with Crippen LogP contribution < -0.4 is 0 Å². The zero-order valence-electron chi connectivity index (χ0n) is 7.18. The number of aryl methyl sites for hydroxylation is 1. The molecule has 0 aromatic carbocycles. The summed E-state index contributed by atoms with van der Waals surface area (Å²) in [4.78, 5) is 0. The molecule has 3 rings (SSSR count). The molecule has 1 unspecified atom stereocenters. The highest BCUT2D eigenvalue weighted by Gasteiger charge is 2.46. The largest absolute Gasteiger partial charge is 0.363 e. The Morgan fingerprint density at radius 2 is 2.33 bits per heavy atom. The van der Waals surface area contributed by atoms with Crippen LogP contribution in [-0.4, -0.2) is 16.8 Å². The van der Waals surface area contributed by atoms with Crippen molar-refractivity contribution in [3.05, 3.63) is 17.0 Å². The van der Waals surface area contributed by atoms with Crippen LogP contribution in [0.1, 0.15) is 30.3 Å². The number of hydrogen-bond acceptors (Lipinski definition) is 2. The first-order chi connectivity index (χ1) is 5.80. The van der Waals surface area contributed by atoms with Crippen LogP contribution in [0.4, 0.5) is 0 Å². The summed E-state index contributed by atoms with van der Waals surface area (Å²) in [6.07, 6.45) is 3.62. The van der Waals surface area contributed by atoms with E-state index >= 15 is 0 Å².